The molecule has 1 aliphatic rings. The minimum atomic E-state index is -3.11. The van der Waals surface area contributed by atoms with Crippen LogP contribution in [0.15, 0.2) is 53.8 Å². The first kappa shape index (κ1) is 28.0. The van der Waals surface area contributed by atoms with Gasteiger partial charge in [0.15, 0.2) is 17.5 Å². The van der Waals surface area contributed by atoms with Gasteiger partial charge in [0.1, 0.15) is 29.0 Å². The molecule has 0 saturated heterocycles. The number of amides is 1. The lowest BCUT2D eigenvalue weighted by Crippen LogP contribution is -2.39. The topological polar surface area (TPSA) is 144 Å². The van der Waals surface area contributed by atoms with Crippen LogP contribution in [0.3, 0.4) is 0 Å². The minimum absolute atomic E-state index is 0.0253. The van der Waals surface area contributed by atoms with Gasteiger partial charge in [0.25, 0.3) is 5.91 Å². The summed E-state index contributed by atoms with van der Waals surface area (Å²) in [6.07, 6.45) is 6.19. The van der Waals surface area contributed by atoms with Gasteiger partial charge >= 0.3 is 6.61 Å². The van der Waals surface area contributed by atoms with Crippen LogP contribution in [0.5, 0.6) is 5.75 Å². The van der Waals surface area contributed by atoms with E-state index in [-0.39, 0.29) is 45.8 Å². The summed E-state index contributed by atoms with van der Waals surface area (Å²) in [6, 6.07) is 7.67. The number of amidine groups is 1. The van der Waals surface area contributed by atoms with Crippen molar-refractivity contribution in [3.63, 3.8) is 0 Å². The van der Waals surface area contributed by atoms with E-state index in [2.05, 4.69) is 30.0 Å². The molecule has 0 spiro atoms. The van der Waals surface area contributed by atoms with Crippen LogP contribution in [0.4, 0.5) is 13.2 Å². The van der Waals surface area contributed by atoms with Gasteiger partial charge in [-0.1, -0.05) is 11.6 Å². The van der Waals surface area contributed by atoms with Crippen molar-refractivity contribution in [3.05, 3.63) is 70.9 Å². The summed E-state index contributed by atoms with van der Waals surface area (Å²) >= 11 is 6.02. The number of nitrogens with two attached hydrogens (primary N) is 1. The third-order valence-corrected chi connectivity index (χ3v) is 7.00. The van der Waals surface area contributed by atoms with Crippen molar-refractivity contribution >= 4 is 40.7 Å². The molecule has 10 nitrogen and oxygen atoms in total. The molecule has 1 amide bonds. The molecule has 212 valence electrons. The maximum Gasteiger partial charge on any atom is 0.387 e. The van der Waals surface area contributed by atoms with Crippen LogP contribution in [0.2, 0.25) is 5.02 Å². The highest BCUT2D eigenvalue weighted by molar-refractivity contribution is 6.31. The van der Waals surface area contributed by atoms with E-state index in [1.165, 1.54) is 42.7 Å². The largest absolute Gasteiger partial charge is 0.434 e. The number of nitrogens with one attached hydrogen (secondary N) is 2. The number of aromatic nitrogens is 4. The Morgan fingerprint density at radius 1 is 1.27 bits per heavy atom. The molecule has 1 aliphatic carbocycles. The lowest BCUT2D eigenvalue weighted by Gasteiger charge is -2.32. The fraction of sp³-hybridized carbons (Fsp3) is 0.259. The second-order valence-corrected chi connectivity index (χ2v) is 9.79. The van der Waals surface area contributed by atoms with E-state index in [0.717, 1.165) is 6.34 Å². The summed E-state index contributed by atoms with van der Waals surface area (Å²) in [5.74, 6) is -1.15. The van der Waals surface area contributed by atoms with E-state index < -0.39 is 18.3 Å². The van der Waals surface area contributed by atoms with Gasteiger partial charge < -0.3 is 20.4 Å². The predicted octanol–water partition coefficient (Wildman–Crippen LogP) is 5.11. The summed E-state index contributed by atoms with van der Waals surface area (Å²) in [7, 11) is 0. The van der Waals surface area contributed by atoms with Crippen molar-refractivity contribution in [1.82, 2.24) is 24.8 Å². The Hall–Kier alpha value is -4.52. The zero-order chi connectivity index (χ0) is 29.1. The fourth-order valence-corrected chi connectivity index (χ4v) is 5.20. The number of ether oxygens (including phenoxy) is 1. The molecule has 2 atom stereocenters. The predicted molar refractivity (Wildman–Crippen MR) is 147 cm³/mol. The van der Waals surface area contributed by atoms with E-state index in [9.17, 15) is 18.0 Å². The first-order valence-electron chi connectivity index (χ1n) is 12.6. The number of carbonyl (C=O) groups is 1. The van der Waals surface area contributed by atoms with Crippen molar-refractivity contribution in [1.29, 1.82) is 5.41 Å². The van der Waals surface area contributed by atoms with Crippen molar-refractivity contribution in [2.75, 3.05) is 0 Å². The summed E-state index contributed by atoms with van der Waals surface area (Å²) in [6.45, 7) is -3.11. The molecule has 0 radical (unpaired) electrons. The Balaban J connectivity index is 1.51. The lowest BCUT2D eigenvalue weighted by molar-refractivity contribution is -0.0501. The Bertz CT molecular complexity index is 1640. The number of benzene rings is 1. The minimum Gasteiger partial charge on any atom is -0.434 e. The number of hydrogen-bond donors (Lipinski definition) is 3. The van der Waals surface area contributed by atoms with Crippen LogP contribution in [-0.4, -0.2) is 50.3 Å². The molecule has 0 bridgehead atoms. The van der Waals surface area contributed by atoms with Gasteiger partial charge in [0.05, 0.1) is 17.3 Å². The van der Waals surface area contributed by atoms with Gasteiger partial charge in [-0.15, -0.1) is 0 Å². The van der Waals surface area contributed by atoms with Crippen LogP contribution in [0.25, 0.3) is 22.6 Å². The Morgan fingerprint density at radius 2 is 2.10 bits per heavy atom. The highest BCUT2D eigenvalue weighted by Gasteiger charge is 2.30. The monoisotopic (exact) mass is 584 g/mol. The normalized spacial score (nSPS) is 17.5. The van der Waals surface area contributed by atoms with Crippen LogP contribution in [0.1, 0.15) is 47.8 Å². The summed E-state index contributed by atoms with van der Waals surface area (Å²) in [4.78, 5) is 30.1. The molecule has 41 heavy (non-hydrogen) atoms. The number of aliphatic imine (C=N–C) groups is 1. The van der Waals surface area contributed by atoms with Gasteiger partial charge in [0.2, 0.25) is 0 Å². The lowest BCUT2D eigenvalue weighted by atomic mass is 9.90. The van der Waals surface area contributed by atoms with Crippen molar-refractivity contribution < 1.29 is 22.7 Å². The number of alkyl halides is 2. The van der Waals surface area contributed by atoms with Crippen LogP contribution >= 0.6 is 11.6 Å². The van der Waals surface area contributed by atoms with E-state index in [0.29, 0.717) is 42.4 Å². The Kier molecular flexibility index (Phi) is 8.15. The highest BCUT2D eigenvalue weighted by Crippen LogP contribution is 2.36. The number of rotatable bonds is 8. The summed E-state index contributed by atoms with van der Waals surface area (Å²) < 4.78 is 47.2. The zero-order valence-electron chi connectivity index (χ0n) is 21.4. The SMILES string of the molecule is N=CN=C(N)c1cc2c(cn1)nc(-c1ncccc1F)n2C1CCCC(NC(=O)c2cc(Cl)ccc2OC(F)F)C1. The smallest absolute Gasteiger partial charge is 0.387 e. The molecule has 14 heteroatoms. The third kappa shape index (κ3) is 5.99. The van der Waals surface area contributed by atoms with Gasteiger partial charge in [-0.3, -0.25) is 15.2 Å². The van der Waals surface area contributed by atoms with Gasteiger partial charge in [-0.25, -0.2) is 19.4 Å². The van der Waals surface area contributed by atoms with Crippen LogP contribution < -0.4 is 15.8 Å². The van der Waals surface area contributed by atoms with E-state index in [1.807, 2.05) is 4.57 Å². The van der Waals surface area contributed by atoms with Gasteiger partial charge in [0, 0.05) is 23.3 Å². The number of carbonyl (C=O) groups excluding carboxylic acids is 1. The number of fused-ring (bicyclic) bond motifs is 1. The molecule has 2 unspecified atom stereocenters. The second kappa shape index (κ2) is 11.9. The molecular formula is C27H24ClF3N8O2. The second-order valence-electron chi connectivity index (χ2n) is 9.35. The molecule has 3 heterocycles. The zero-order valence-corrected chi connectivity index (χ0v) is 22.2. The van der Waals surface area contributed by atoms with E-state index >= 15 is 0 Å². The molecule has 4 N–H and O–H groups in total. The maximum absolute atomic E-state index is 14.9. The van der Waals surface area contributed by atoms with Crippen LogP contribution in [-0.2, 0) is 0 Å². The molecule has 0 aliphatic heterocycles. The molecule has 1 saturated carbocycles. The molecule has 3 aromatic heterocycles. The quantitative estimate of drug-likeness (QED) is 0.194. The van der Waals surface area contributed by atoms with Gasteiger partial charge in [-0.2, -0.15) is 8.78 Å². The standard InChI is InChI=1S/C27H24ClF3N8O2/c28-14-6-7-22(41-27(30)31)17(9-14)26(40)37-15-3-1-4-16(10-15)39-21-11-19(24(33)36-13-32)35-12-20(21)38-25(39)23-18(29)5-2-8-34-23/h2,5-9,11-13,15-16,27H,1,3-4,10H2,(H,37,40)(H3,32,33,36). The Morgan fingerprint density at radius 3 is 2.85 bits per heavy atom. The fourth-order valence-electron chi connectivity index (χ4n) is 5.03. The molecular weight excluding hydrogens is 561 g/mol. The summed E-state index contributed by atoms with van der Waals surface area (Å²) in [5, 5.41) is 10.3. The molecule has 5 rings (SSSR count). The molecule has 1 fully saturated rings. The molecule has 4 aromatic rings. The highest BCUT2D eigenvalue weighted by atomic mass is 35.5. The first-order valence-corrected chi connectivity index (χ1v) is 13.0. The number of nitrogens with zero attached hydrogens (tertiary/aromatic N) is 5. The Labute approximate surface area is 236 Å². The van der Waals surface area contributed by atoms with Crippen molar-refractivity contribution in [2.45, 2.75) is 44.4 Å². The number of hydrogen-bond acceptors (Lipinski definition) is 6. The van der Waals surface area contributed by atoms with E-state index in [1.54, 1.807) is 6.07 Å². The average Bonchev–Trinajstić information content (AvgIpc) is 3.33. The number of imidazole rings is 1. The number of pyridine rings is 2. The van der Waals surface area contributed by atoms with Crippen LogP contribution in [0, 0.1) is 11.2 Å². The van der Waals surface area contributed by atoms with E-state index in [4.69, 9.17) is 22.7 Å². The van der Waals surface area contributed by atoms with Crippen molar-refractivity contribution in [3.8, 4) is 17.3 Å². The molecule has 1 aromatic carbocycles. The maximum atomic E-state index is 14.9. The summed E-state index contributed by atoms with van der Waals surface area (Å²) in [5.41, 5.74) is 7.28. The van der Waals surface area contributed by atoms with Crippen molar-refractivity contribution in [2.24, 2.45) is 10.7 Å². The average molecular weight is 585 g/mol. The first-order chi connectivity index (χ1) is 19.7. The number of halogens is 4. The van der Waals surface area contributed by atoms with Gasteiger partial charge in [-0.05, 0) is 62.1 Å². The third-order valence-electron chi connectivity index (χ3n) is 6.76.